The van der Waals surface area contributed by atoms with Gasteiger partial charge in [-0.1, -0.05) is 83.9 Å². The number of amides is 2. The molecule has 3 aromatic carbocycles. The monoisotopic (exact) mass is 527 g/mol. The van der Waals surface area contributed by atoms with Crippen LogP contribution >= 0.6 is 11.6 Å². The van der Waals surface area contributed by atoms with Crippen molar-refractivity contribution in [2.45, 2.75) is 25.9 Å². The Labute approximate surface area is 217 Å². The summed E-state index contributed by atoms with van der Waals surface area (Å²) in [7, 11) is -2.34. The molecule has 1 N–H and O–H groups in total. The number of carbonyl (C=O) groups excluding carboxylic acids is 2. The minimum atomic E-state index is -3.86. The first-order valence-corrected chi connectivity index (χ1v) is 13.7. The first-order chi connectivity index (χ1) is 17.1. The summed E-state index contributed by atoms with van der Waals surface area (Å²) >= 11 is 6.28. The maximum absolute atomic E-state index is 13.8. The Bertz CT molecular complexity index is 1320. The van der Waals surface area contributed by atoms with Gasteiger partial charge in [-0.3, -0.25) is 13.9 Å². The Morgan fingerprint density at radius 1 is 0.944 bits per heavy atom. The molecule has 0 radical (unpaired) electrons. The number of nitrogens with zero attached hydrogens (tertiary/aromatic N) is 2. The summed E-state index contributed by atoms with van der Waals surface area (Å²) in [5.74, 6) is -0.866. The molecule has 190 valence electrons. The van der Waals surface area contributed by atoms with Gasteiger partial charge in [0.05, 0.1) is 17.0 Å². The minimum absolute atomic E-state index is 0.131. The van der Waals surface area contributed by atoms with Crippen molar-refractivity contribution < 1.29 is 18.0 Å². The van der Waals surface area contributed by atoms with Crippen LogP contribution in [0.4, 0.5) is 5.69 Å². The second kappa shape index (κ2) is 12.1. The second-order valence-corrected chi connectivity index (χ2v) is 10.9. The lowest BCUT2D eigenvalue weighted by atomic mass is 10.0. The lowest BCUT2D eigenvalue weighted by Crippen LogP contribution is -2.52. The first-order valence-electron chi connectivity index (χ1n) is 11.4. The fourth-order valence-electron chi connectivity index (χ4n) is 3.98. The van der Waals surface area contributed by atoms with Gasteiger partial charge < -0.3 is 10.2 Å². The second-order valence-electron chi connectivity index (χ2n) is 8.55. The van der Waals surface area contributed by atoms with Crippen LogP contribution in [-0.4, -0.2) is 51.0 Å². The molecule has 9 heteroatoms. The number of rotatable bonds is 10. The molecule has 0 spiro atoms. The summed E-state index contributed by atoms with van der Waals surface area (Å²) in [5.41, 5.74) is 2.91. The molecule has 1 atom stereocenters. The smallest absolute Gasteiger partial charge is 0.244 e. The van der Waals surface area contributed by atoms with E-state index in [9.17, 15) is 18.0 Å². The fraction of sp³-hybridized carbons (Fsp3) is 0.259. The summed E-state index contributed by atoms with van der Waals surface area (Å²) in [6.07, 6.45) is 1.29. The van der Waals surface area contributed by atoms with Crippen molar-refractivity contribution in [1.29, 1.82) is 0 Å². The molecule has 36 heavy (non-hydrogen) atoms. The molecule has 0 aliphatic carbocycles. The van der Waals surface area contributed by atoms with Crippen LogP contribution in [0, 0.1) is 6.92 Å². The molecular formula is C27H30ClN3O4S. The van der Waals surface area contributed by atoms with Gasteiger partial charge in [-0.2, -0.15) is 0 Å². The topological polar surface area (TPSA) is 86.8 Å². The quantitative estimate of drug-likeness (QED) is 0.434. The van der Waals surface area contributed by atoms with Crippen molar-refractivity contribution in [2.24, 2.45) is 0 Å². The number of carbonyl (C=O) groups is 2. The SMILES string of the molecule is CNC(=O)[C@H](Cc1ccccc1)N(Cc1cccc(C)c1)C(=O)CN(c1ccccc1Cl)S(C)(=O)=O. The average Bonchev–Trinajstić information content (AvgIpc) is 2.84. The van der Waals surface area contributed by atoms with Crippen LogP contribution in [0.2, 0.25) is 5.02 Å². The normalized spacial score (nSPS) is 12.0. The summed E-state index contributed by atoms with van der Waals surface area (Å²) in [6.45, 7) is 1.57. The van der Waals surface area contributed by atoms with Gasteiger partial charge in [0.1, 0.15) is 12.6 Å². The lowest BCUT2D eigenvalue weighted by molar-refractivity contribution is -0.139. The molecule has 0 saturated heterocycles. The van der Waals surface area contributed by atoms with E-state index in [1.165, 1.54) is 11.9 Å². The van der Waals surface area contributed by atoms with E-state index < -0.39 is 28.5 Å². The molecule has 0 aliphatic heterocycles. The third kappa shape index (κ3) is 7.08. The van der Waals surface area contributed by atoms with Gasteiger partial charge in [-0.05, 0) is 30.2 Å². The van der Waals surface area contributed by atoms with Gasteiger partial charge >= 0.3 is 0 Å². The Kier molecular flexibility index (Phi) is 9.12. The highest BCUT2D eigenvalue weighted by Crippen LogP contribution is 2.27. The number of halogens is 1. The van der Waals surface area contributed by atoms with Gasteiger partial charge in [-0.15, -0.1) is 0 Å². The minimum Gasteiger partial charge on any atom is -0.357 e. The summed E-state index contributed by atoms with van der Waals surface area (Å²) in [6, 6.07) is 22.6. The van der Waals surface area contributed by atoms with Crippen LogP contribution in [0.25, 0.3) is 0 Å². The molecule has 0 saturated carbocycles. The van der Waals surface area contributed by atoms with Gasteiger partial charge in [0.2, 0.25) is 21.8 Å². The maximum atomic E-state index is 13.8. The standard InChI is InChI=1S/C27H30ClN3O4S/c1-20-10-9-13-22(16-20)18-30(25(27(33)29-2)17-21-11-5-4-6-12-21)26(32)19-31(36(3,34)35)24-15-8-7-14-23(24)28/h4-16,25H,17-19H2,1-3H3,(H,29,33)/t25-/m0/s1. The number of hydrogen-bond acceptors (Lipinski definition) is 4. The van der Waals surface area contributed by atoms with Gasteiger partial charge in [0, 0.05) is 20.0 Å². The molecule has 0 heterocycles. The van der Waals surface area contributed by atoms with Crippen LogP contribution in [0.15, 0.2) is 78.9 Å². The molecule has 0 aromatic heterocycles. The highest BCUT2D eigenvalue weighted by atomic mass is 35.5. The maximum Gasteiger partial charge on any atom is 0.244 e. The van der Waals surface area contributed by atoms with E-state index in [0.717, 1.165) is 27.3 Å². The van der Waals surface area contributed by atoms with Crippen molar-refractivity contribution in [3.05, 3.63) is 101 Å². The zero-order valence-corrected chi connectivity index (χ0v) is 22.1. The van der Waals surface area contributed by atoms with Crippen molar-refractivity contribution in [2.75, 3.05) is 24.2 Å². The lowest BCUT2D eigenvalue weighted by Gasteiger charge is -2.33. The van der Waals surface area contributed by atoms with E-state index in [2.05, 4.69) is 5.32 Å². The van der Waals surface area contributed by atoms with Crippen LogP contribution in [0.1, 0.15) is 16.7 Å². The summed E-state index contributed by atoms with van der Waals surface area (Å²) in [5, 5.41) is 2.86. The number of likely N-dealkylation sites (N-methyl/N-ethyl adjacent to an activating group) is 1. The third-order valence-corrected chi connectivity index (χ3v) is 7.20. The van der Waals surface area contributed by atoms with Gasteiger partial charge in [0.15, 0.2) is 0 Å². The third-order valence-electron chi connectivity index (χ3n) is 5.75. The van der Waals surface area contributed by atoms with Gasteiger partial charge in [0.25, 0.3) is 0 Å². The van der Waals surface area contributed by atoms with E-state index >= 15 is 0 Å². The Hall–Kier alpha value is -3.36. The summed E-state index contributed by atoms with van der Waals surface area (Å²) in [4.78, 5) is 28.3. The molecule has 3 aromatic rings. The van der Waals surface area contributed by atoms with E-state index in [1.54, 1.807) is 24.3 Å². The molecule has 0 fully saturated rings. The molecule has 0 aliphatic rings. The summed E-state index contributed by atoms with van der Waals surface area (Å²) < 4.78 is 26.4. The van der Waals surface area contributed by atoms with Crippen molar-refractivity contribution in [3.63, 3.8) is 0 Å². The van der Waals surface area contributed by atoms with Gasteiger partial charge in [-0.25, -0.2) is 8.42 Å². The van der Waals surface area contributed by atoms with Crippen LogP contribution in [0.5, 0.6) is 0 Å². The number of anilines is 1. The molecule has 0 unspecified atom stereocenters. The van der Waals surface area contributed by atoms with E-state index in [4.69, 9.17) is 11.6 Å². The molecule has 0 bridgehead atoms. The van der Waals surface area contributed by atoms with Crippen LogP contribution in [-0.2, 0) is 32.6 Å². The molecule has 3 rings (SSSR count). The molecule has 7 nitrogen and oxygen atoms in total. The number of aryl methyl sites for hydroxylation is 1. The number of para-hydroxylation sites is 1. The molecule has 2 amide bonds. The Balaban J connectivity index is 2.04. The highest BCUT2D eigenvalue weighted by molar-refractivity contribution is 7.92. The zero-order valence-electron chi connectivity index (χ0n) is 20.5. The van der Waals surface area contributed by atoms with Crippen molar-refractivity contribution >= 4 is 39.1 Å². The van der Waals surface area contributed by atoms with E-state index in [0.29, 0.717) is 0 Å². The number of nitrogens with one attached hydrogen (secondary N) is 1. The predicted molar refractivity (Wildman–Crippen MR) is 143 cm³/mol. The number of hydrogen-bond donors (Lipinski definition) is 1. The highest BCUT2D eigenvalue weighted by Gasteiger charge is 2.33. The van der Waals surface area contributed by atoms with Crippen molar-refractivity contribution in [1.82, 2.24) is 10.2 Å². The number of benzene rings is 3. The predicted octanol–water partition coefficient (Wildman–Crippen LogP) is 3.80. The van der Waals surface area contributed by atoms with Crippen LogP contribution < -0.4 is 9.62 Å². The van der Waals surface area contributed by atoms with Crippen LogP contribution in [0.3, 0.4) is 0 Å². The van der Waals surface area contributed by atoms with E-state index in [1.807, 2.05) is 61.5 Å². The molecular weight excluding hydrogens is 498 g/mol. The van der Waals surface area contributed by atoms with E-state index in [-0.39, 0.29) is 29.6 Å². The Morgan fingerprint density at radius 2 is 1.58 bits per heavy atom. The first kappa shape index (κ1) is 27.2. The largest absolute Gasteiger partial charge is 0.357 e. The zero-order chi connectivity index (χ0) is 26.3. The number of sulfonamides is 1. The van der Waals surface area contributed by atoms with Crippen molar-refractivity contribution in [3.8, 4) is 0 Å². The Morgan fingerprint density at radius 3 is 2.19 bits per heavy atom. The average molecular weight is 528 g/mol. The fourth-order valence-corrected chi connectivity index (χ4v) is 5.13.